The van der Waals surface area contributed by atoms with Gasteiger partial charge in [-0.2, -0.15) is 0 Å². The van der Waals surface area contributed by atoms with Crippen LogP contribution in [0.15, 0.2) is 48.5 Å². The Morgan fingerprint density at radius 2 is 1.77 bits per heavy atom. The van der Waals surface area contributed by atoms with Crippen molar-refractivity contribution in [2.24, 2.45) is 0 Å². The highest BCUT2D eigenvalue weighted by Crippen LogP contribution is 2.25. The van der Waals surface area contributed by atoms with Crippen LogP contribution < -0.4 is 20.1 Å². The topological polar surface area (TPSA) is 85.9 Å². The van der Waals surface area contributed by atoms with E-state index in [2.05, 4.69) is 10.6 Å². The molecule has 0 atom stereocenters. The molecule has 0 saturated heterocycles. The highest BCUT2D eigenvalue weighted by Gasteiger charge is 2.09. The molecule has 7 nitrogen and oxygen atoms in total. The predicted octanol–water partition coefficient (Wildman–Crippen LogP) is 2.09. The highest BCUT2D eigenvalue weighted by atomic mass is 16.5. The van der Waals surface area contributed by atoms with E-state index in [1.54, 1.807) is 49.6 Å². The average Bonchev–Trinajstić information content (AvgIpc) is 2.67. The zero-order valence-electron chi connectivity index (χ0n) is 14.8. The molecule has 0 unspecified atom stereocenters. The van der Waals surface area contributed by atoms with Gasteiger partial charge in [0.05, 0.1) is 13.7 Å². The molecule has 2 aromatic carbocycles. The Morgan fingerprint density at radius 1 is 1.00 bits per heavy atom. The van der Waals surface area contributed by atoms with Gasteiger partial charge in [-0.3, -0.25) is 9.59 Å². The fourth-order valence-corrected chi connectivity index (χ4v) is 2.19. The van der Waals surface area contributed by atoms with E-state index < -0.39 is 0 Å². The van der Waals surface area contributed by atoms with Gasteiger partial charge in [-0.15, -0.1) is 0 Å². The molecule has 0 aliphatic carbocycles. The molecule has 0 saturated carbocycles. The van der Waals surface area contributed by atoms with Crippen molar-refractivity contribution in [1.82, 2.24) is 5.32 Å². The number of para-hydroxylation sites is 2. The summed E-state index contributed by atoms with van der Waals surface area (Å²) < 4.78 is 15.5. The summed E-state index contributed by atoms with van der Waals surface area (Å²) in [7, 11) is 3.10. The van der Waals surface area contributed by atoms with E-state index in [4.69, 9.17) is 14.2 Å². The second-order valence-electron chi connectivity index (χ2n) is 5.32. The van der Waals surface area contributed by atoms with Crippen LogP contribution in [0.1, 0.15) is 10.4 Å². The van der Waals surface area contributed by atoms with E-state index in [1.807, 2.05) is 6.07 Å². The van der Waals surface area contributed by atoms with Gasteiger partial charge in [-0.25, -0.2) is 0 Å². The molecule has 0 aliphatic rings. The van der Waals surface area contributed by atoms with E-state index in [0.29, 0.717) is 35.9 Å². The Labute approximate surface area is 152 Å². The molecule has 138 valence electrons. The zero-order valence-corrected chi connectivity index (χ0v) is 14.8. The predicted molar refractivity (Wildman–Crippen MR) is 97.8 cm³/mol. The van der Waals surface area contributed by atoms with E-state index in [0.717, 1.165) is 0 Å². The summed E-state index contributed by atoms with van der Waals surface area (Å²) in [5.74, 6) is 0.461. The van der Waals surface area contributed by atoms with Crippen LogP contribution in [0.2, 0.25) is 0 Å². The quantitative estimate of drug-likeness (QED) is 0.671. The van der Waals surface area contributed by atoms with Crippen molar-refractivity contribution in [3.8, 4) is 11.5 Å². The SMILES string of the molecule is COCCNC(=O)c1cccc(NC(=O)COc2ccccc2OC)c1. The number of amides is 2. The standard InChI is InChI=1S/C19H22N2O5/c1-24-11-10-20-19(23)14-6-5-7-15(12-14)21-18(22)13-26-17-9-4-3-8-16(17)25-2/h3-9,12H,10-11,13H2,1-2H3,(H,20,23)(H,21,22). The molecule has 0 aromatic heterocycles. The number of ether oxygens (including phenoxy) is 3. The van der Waals surface area contributed by atoms with Gasteiger partial charge in [0.15, 0.2) is 18.1 Å². The highest BCUT2D eigenvalue weighted by molar-refractivity contribution is 5.97. The smallest absolute Gasteiger partial charge is 0.262 e. The first-order chi connectivity index (χ1) is 12.6. The number of anilines is 1. The molecule has 0 spiro atoms. The van der Waals surface area contributed by atoms with Crippen molar-refractivity contribution in [1.29, 1.82) is 0 Å². The fourth-order valence-electron chi connectivity index (χ4n) is 2.19. The minimum absolute atomic E-state index is 0.176. The first-order valence-electron chi connectivity index (χ1n) is 8.07. The normalized spacial score (nSPS) is 10.1. The second kappa shape index (κ2) is 10.0. The Bertz CT molecular complexity index is 748. The van der Waals surface area contributed by atoms with E-state index >= 15 is 0 Å². The molecule has 0 radical (unpaired) electrons. The third-order valence-electron chi connectivity index (χ3n) is 3.43. The minimum Gasteiger partial charge on any atom is -0.493 e. The monoisotopic (exact) mass is 358 g/mol. The number of rotatable bonds is 9. The molecule has 26 heavy (non-hydrogen) atoms. The molecule has 0 aliphatic heterocycles. The summed E-state index contributed by atoms with van der Waals surface area (Å²) in [5, 5.41) is 5.43. The first-order valence-corrected chi connectivity index (χ1v) is 8.07. The van der Waals surface area contributed by atoms with E-state index in [1.165, 1.54) is 7.11 Å². The average molecular weight is 358 g/mol. The summed E-state index contributed by atoms with van der Waals surface area (Å²) in [6.45, 7) is 0.672. The van der Waals surface area contributed by atoms with Crippen molar-refractivity contribution in [2.45, 2.75) is 0 Å². The van der Waals surface area contributed by atoms with Crippen LogP contribution >= 0.6 is 0 Å². The van der Waals surface area contributed by atoms with Gasteiger partial charge in [0.25, 0.3) is 11.8 Å². The van der Waals surface area contributed by atoms with Gasteiger partial charge >= 0.3 is 0 Å². The summed E-state index contributed by atoms with van der Waals surface area (Å²) in [4.78, 5) is 24.1. The van der Waals surface area contributed by atoms with Crippen molar-refractivity contribution in [3.63, 3.8) is 0 Å². The van der Waals surface area contributed by atoms with Crippen LogP contribution in [-0.2, 0) is 9.53 Å². The number of hydrogen-bond acceptors (Lipinski definition) is 5. The third kappa shape index (κ3) is 5.78. The lowest BCUT2D eigenvalue weighted by Gasteiger charge is -2.11. The molecule has 2 aromatic rings. The van der Waals surface area contributed by atoms with Crippen LogP contribution in [0.5, 0.6) is 11.5 Å². The van der Waals surface area contributed by atoms with E-state index in [-0.39, 0.29) is 18.4 Å². The maximum absolute atomic E-state index is 12.1. The lowest BCUT2D eigenvalue weighted by Crippen LogP contribution is -2.27. The van der Waals surface area contributed by atoms with E-state index in [9.17, 15) is 9.59 Å². The maximum Gasteiger partial charge on any atom is 0.262 e. The minimum atomic E-state index is -0.340. The lowest BCUT2D eigenvalue weighted by molar-refractivity contribution is -0.118. The van der Waals surface area contributed by atoms with Gasteiger partial charge in [-0.1, -0.05) is 18.2 Å². The van der Waals surface area contributed by atoms with Crippen molar-refractivity contribution in [2.75, 3.05) is 39.3 Å². The summed E-state index contributed by atoms with van der Waals surface area (Å²) in [6.07, 6.45) is 0. The lowest BCUT2D eigenvalue weighted by atomic mass is 10.2. The number of hydrogen-bond donors (Lipinski definition) is 2. The van der Waals surface area contributed by atoms with Gasteiger partial charge < -0.3 is 24.8 Å². The maximum atomic E-state index is 12.1. The molecular formula is C19H22N2O5. The van der Waals surface area contributed by atoms with Crippen LogP contribution in [-0.4, -0.2) is 45.8 Å². The molecule has 0 heterocycles. The number of methoxy groups -OCH3 is 2. The van der Waals surface area contributed by atoms with Gasteiger partial charge in [0.1, 0.15) is 0 Å². The molecule has 7 heteroatoms. The molecular weight excluding hydrogens is 336 g/mol. The molecule has 2 amide bonds. The van der Waals surface area contributed by atoms with Crippen molar-refractivity contribution in [3.05, 3.63) is 54.1 Å². The summed E-state index contributed by atoms with van der Waals surface area (Å²) in [6, 6.07) is 13.7. The molecule has 0 bridgehead atoms. The van der Waals surface area contributed by atoms with Gasteiger partial charge in [-0.05, 0) is 30.3 Å². The van der Waals surface area contributed by atoms with Crippen LogP contribution in [0.3, 0.4) is 0 Å². The van der Waals surface area contributed by atoms with Gasteiger partial charge in [0.2, 0.25) is 0 Å². The van der Waals surface area contributed by atoms with Crippen molar-refractivity contribution < 1.29 is 23.8 Å². The summed E-state index contributed by atoms with van der Waals surface area (Å²) in [5.41, 5.74) is 0.961. The Kier molecular flexibility index (Phi) is 7.45. The van der Waals surface area contributed by atoms with Crippen LogP contribution in [0.25, 0.3) is 0 Å². The van der Waals surface area contributed by atoms with Gasteiger partial charge in [0, 0.05) is 24.9 Å². The second-order valence-corrected chi connectivity index (χ2v) is 5.32. The van der Waals surface area contributed by atoms with Crippen molar-refractivity contribution >= 4 is 17.5 Å². The molecule has 2 rings (SSSR count). The third-order valence-corrected chi connectivity index (χ3v) is 3.43. The summed E-state index contributed by atoms with van der Waals surface area (Å²) >= 11 is 0. The number of carbonyl (C=O) groups is 2. The zero-order chi connectivity index (χ0) is 18.8. The Hall–Kier alpha value is -3.06. The number of nitrogens with one attached hydrogen (secondary N) is 2. The number of benzene rings is 2. The molecule has 2 N–H and O–H groups in total. The Balaban J connectivity index is 1.90. The fraction of sp³-hybridized carbons (Fsp3) is 0.263. The van der Waals surface area contributed by atoms with Crippen LogP contribution in [0, 0.1) is 0 Å². The molecule has 0 fully saturated rings. The van der Waals surface area contributed by atoms with Crippen LogP contribution in [0.4, 0.5) is 5.69 Å². The first kappa shape index (κ1) is 19.3. The number of carbonyl (C=O) groups excluding carboxylic acids is 2. The largest absolute Gasteiger partial charge is 0.493 e. The Morgan fingerprint density at radius 3 is 2.50 bits per heavy atom.